The maximum absolute atomic E-state index is 14.4. The van der Waals surface area contributed by atoms with Crippen LogP contribution >= 0.6 is 11.3 Å². The van der Waals surface area contributed by atoms with Gasteiger partial charge in [-0.3, -0.25) is 0 Å². The molecule has 0 amide bonds. The SMILES string of the molecule is CC(C)c1noc(N2CCC([C@H](C)Oc3nc4ccc(-c5ccc(S(C)(=O)=O)c(F)c5)nc4s3)CC2)n1. The summed E-state index contributed by atoms with van der Waals surface area (Å²) in [4.78, 5) is 16.1. The van der Waals surface area contributed by atoms with Crippen molar-refractivity contribution >= 4 is 37.5 Å². The summed E-state index contributed by atoms with van der Waals surface area (Å²) in [6, 6.07) is 8.13. The van der Waals surface area contributed by atoms with Crippen LogP contribution in [0.5, 0.6) is 5.19 Å². The number of sulfone groups is 1. The normalized spacial score (nSPS) is 16.0. The fourth-order valence-corrected chi connectivity index (χ4v) is 5.97. The van der Waals surface area contributed by atoms with E-state index < -0.39 is 15.7 Å². The molecule has 5 rings (SSSR count). The molecular formula is C25H28FN5O4S2. The topological polar surface area (TPSA) is 111 Å². The minimum absolute atomic E-state index is 0.0336. The van der Waals surface area contributed by atoms with E-state index in [2.05, 4.69) is 31.9 Å². The Labute approximate surface area is 218 Å². The third-order valence-corrected chi connectivity index (χ3v) is 8.56. The van der Waals surface area contributed by atoms with E-state index in [4.69, 9.17) is 9.26 Å². The fourth-order valence-electron chi connectivity index (χ4n) is 4.37. The van der Waals surface area contributed by atoms with Crippen LogP contribution < -0.4 is 9.64 Å². The van der Waals surface area contributed by atoms with E-state index in [1.54, 1.807) is 12.1 Å². The second-order valence-electron chi connectivity index (χ2n) is 9.66. The number of piperidine rings is 1. The molecule has 196 valence electrons. The van der Waals surface area contributed by atoms with Gasteiger partial charge in [-0.25, -0.2) is 22.8 Å². The fraction of sp³-hybridized carbons (Fsp3) is 0.440. The van der Waals surface area contributed by atoms with Gasteiger partial charge in [0.25, 0.3) is 5.19 Å². The molecule has 0 spiro atoms. The molecule has 3 aromatic heterocycles. The molecule has 1 atom stereocenters. The number of thiazole rings is 1. The zero-order valence-electron chi connectivity index (χ0n) is 21.0. The molecule has 1 aromatic carbocycles. The molecule has 1 aliphatic heterocycles. The van der Waals surface area contributed by atoms with Gasteiger partial charge in [0.05, 0.1) is 5.69 Å². The lowest BCUT2D eigenvalue weighted by atomic mass is 9.92. The molecule has 0 radical (unpaired) electrons. The highest BCUT2D eigenvalue weighted by molar-refractivity contribution is 7.90. The number of ether oxygens (including phenoxy) is 1. The minimum atomic E-state index is -3.64. The van der Waals surface area contributed by atoms with Crippen molar-refractivity contribution in [2.75, 3.05) is 24.2 Å². The van der Waals surface area contributed by atoms with Crippen molar-refractivity contribution in [1.29, 1.82) is 0 Å². The number of halogens is 1. The second-order valence-corrected chi connectivity index (χ2v) is 12.6. The van der Waals surface area contributed by atoms with Crippen molar-refractivity contribution < 1.29 is 22.1 Å². The van der Waals surface area contributed by atoms with E-state index in [0.717, 1.165) is 38.0 Å². The highest BCUT2D eigenvalue weighted by Crippen LogP contribution is 2.33. The summed E-state index contributed by atoms with van der Waals surface area (Å²) in [5.74, 6) is 0.507. The molecule has 9 nitrogen and oxygen atoms in total. The van der Waals surface area contributed by atoms with Gasteiger partial charge in [-0.1, -0.05) is 36.4 Å². The third kappa shape index (κ3) is 5.45. The van der Waals surface area contributed by atoms with Crippen molar-refractivity contribution in [3.63, 3.8) is 0 Å². The molecule has 1 saturated heterocycles. The lowest BCUT2D eigenvalue weighted by Gasteiger charge is -2.33. The number of hydrogen-bond acceptors (Lipinski definition) is 10. The Hall–Kier alpha value is -3.12. The number of rotatable bonds is 7. The summed E-state index contributed by atoms with van der Waals surface area (Å²) in [5.41, 5.74) is 1.71. The third-order valence-electron chi connectivity index (χ3n) is 6.57. The average molecular weight is 546 g/mol. The van der Waals surface area contributed by atoms with Gasteiger partial charge >= 0.3 is 6.01 Å². The summed E-state index contributed by atoms with van der Waals surface area (Å²) in [6.07, 6.45) is 2.81. The summed E-state index contributed by atoms with van der Waals surface area (Å²) >= 11 is 1.34. The van der Waals surface area contributed by atoms with Crippen molar-refractivity contribution in [2.45, 2.75) is 50.5 Å². The Morgan fingerprint density at radius 3 is 2.51 bits per heavy atom. The number of pyridine rings is 1. The lowest BCUT2D eigenvalue weighted by Crippen LogP contribution is -2.38. The van der Waals surface area contributed by atoms with E-state index in [0.29, 0.717) is 38.7 Å². The first-order valence-electron chi connectivity index (χ1n) is 12.1. The molecule has 0 N–H and O–H groups in total. The number of hydrogen-bond donors (Lipinski definition) is 0. The van der Waals surface area contributed by atoms with Crippen molar-refractivity contribution in [3.8, 4) is 16.5 Å². The highest BCUT2D eigenvalue weighted by Gasteiger charge is 2.28. The van der Waals surface area contributed by atoms with Crippen molar-refractivity contribution in [1.82, 2.24) is 20.1 Å². The van der Waals surface area contributed by atoms with Crippen molar-refractivity contribution in [2.24, 2.45) is 5.92 Å². The number of aromatic nitrogens is 4. The van der Waals surface area contributed by atoms with Gasteiger partial charge in [-0.2, -0.15) is 4.98 Å². The zero-order chi connectivity index (χ0) is 26.3. The van der Waals surface area contributed by atoms with E-state index in [-0.39, 0.29) is 16.9 Å². The minimum Gasteiger partial charge on any atom is -0.467 e. The number of nitrogens with zero attached hydrogens (tertiary/aromatic N) is 5. The van der Waals surface area contributed by atoms with Gasteiger partial charge in [0.2, 0.25) is 0 Å². The van der Waals surface area contributed by atoms with Crippen LogP contribution in [0, 0.1) is 11.7 Å². The maximum atomic E-state index is 14.4. The van der Waals surface area contributed by atoms with Crippen LogP contribution in [0.25, 0.3) is 21.6 Å². The summed E-state index contributed by atoms with van der Waals surface area (Å²) in [6.45, 7) is 7.77. The molecule has 0 saturated carbocycles. The van der Waals surface area contributed by atoms with Crippen LogP contribution in [-0.4, -0.2) is 54.0 Å². The van der Waals surface area contributed by atoms with Crippen molar-refractivity contribution in [3.05, 3.63) is 42.0 Å². The number of anilines is 1. The van der Waals surface area contributed by atoms with E-state index in [1.807, 2.05) is 19.9 Å². The summed E-state index contributed by atoms with van der Waals surface area (Å²) in [5, 5.41) is 4.59. The molecule has 4 aromatic rings. The second kappa shape index (κ2) is 9.97. The standard InChI is InChI=1S/C25H28FN5O4S2/c1-14(2)22-29-24(35-30-22)31-11-9-16(10-12-31)15(3)34-25-28-20-7-6-19(27-23(20)36-25)17-5-8-21(18(26)13-17)37(4,32)33/h5-8,13-16H,9-12H2,1-4H3/t15-/m0/s1. The Bertz CT molecular complexity index is 1530. The molecule has 4 heterocycles. The Balaban J connectivity index is 1.24. The van der Waals surface area contributed by atoms with Crippen LogP contribution in [0.2, 0.25) is 0 Å². The van der Waals surface area contributed by atoms with E-state index in [9.17, 15) is 12.8 Å². The first kappa shape index (κ1) is 25.5. The van der Waals surface area contributed by atoms with E-state index >= 15 is 0 Å². The predicted octanol–water partition coefficient (Wildman–Crippen LogP) is 5.09. The lowest BCUT2D eigenvalue weighted by molar-refractivity contribution is 0.131. The molecule has 0 aliphatic carbocycles. The molecule has 0 unspecified atom stereocenters. The van der Waals surface area contributed by atoms with Crippen LogP contribution in [0.15, 0.2) is 39.8 Å². The first-order valence-corrected chi connectivity index (χ1v) is 14.8. The summed E-state index contributed by atoms with van der Waals surface area (Å²) in [7, 11) is -3.64. The molecular weight excluding hydrogens is 517 g/mol. The van der Waals surface area contributed by atoms with Crippen LogP contribution in [-0.2, 0) is 9.84 Å². The Morgan fingerprint density at radius 1 is 1.11 bits per heavy atom. The smallest absolute Gasteiger partial charge is 0.324 e. The largest absolute Gasteiger partial charge is 0.467 e. The average Bonchev–Trinajstić information content (AvgIpc) is 3.50. The molecule has 0 bridgehead atoms. The monoisotopic (exact) mass is 545 g/mol. The van der Waals surface area contributed by atoms with Crippen LogP contribution in [0.1, 0.15) is 45.4 Å². The number of fused-ring (bicyclic) bond motifs is 1. The van der Waals surface area contributed by atoms with Gasteiger partial charge < -0.3 is 14.2 Å². The molecule has 12 heteroatoms. The zero-order valence-corrected chi connectivity index (χ0v) is 22.6. The maximum Gasteiger partial charge on any atom is 0.324 e. The van der Waals surface area contributed by atoms with Gasteiger partial charge in [0.15, 0.2) is 15.7 Å². The highest BCUT2D eigenvalue weighted by atomic mass is 32.2. The van der Waals surface area contributed by atoms with Gasteiger partial charge in [0, 0.05) is 30.8 Å². The van der Waals surface area contributed by atoms with Gasteiger partial charge in [0.1, 0.15) is 27.2 Å². The number of benzene rings is 1. The van der Waals surface area contributed by atoms with Gasteiger partial charge in [-0.05, 0) is 49.9 Å². The quantitative estimate of drug-likeness (QED) is 0.313. The molecule has 37 heavy (non-hydrogen) atoms. The Morgan fingerprint density at radius 2 is 1.86 bits per heavy atom. The molecule has 1 aliphatic rings. The van der Waals surface area contributed by atoms with Gasteiger partial charge in [-0.15, -0.1) is 0 Å². The Kier molecular flexibility index (Phi) is 6.88. The summed E-state index contributed by atoms with van der Waals surface area (Å²) < 4.78 is 49.4. The first-order chi connectivity index (χ1) is 17.6. The van der Waals surface area contributed by atoms with Crippen LogP contribution in [0.3, 0.4) is 0 Å². The predicted molar refractivity (Wildman–Crippen MR) is 139 cm³/mol. The van der Waals surface area contributed by atoms with E-state index in [1.165, 1.54) is 23.5 Å². The molecule has 1 fully saturated rings. The van der Waals surface area contributed by atoms with Crippen LogP contribution in [0.4, 0.5) is 10.4 Å².